The Morgan fingerprint density at radius 2 is 1.00 bits per heavy atom. The van der Waals surface area contributed by atoms with Gasteiger partial charge in [-0.1, -0.05) is 121 Å². The molecule has 0 bridgehead atoms. The summed E-state index contributed by atoms with van der Waals surface area (Å²) in [5, 5.41) is 21.5. The van der Waals surface area contributed by atoms with Crippen molar-refractivity contribution in [2.75, 3.05) is 0 Å². The van der Waals surface area contributed by atoms with E-state index in [-0.39, 0.29) is 65.6 Å². The molecule has 0 aliphatic rings. The molecule has 4 aromatic rings. The van der Waals surface area contributed by atoms with Crippen LogP contribution in [0.4, 0.5) is 0 Å². The van der Waals surface area contributed by atoms with Gasteiger partial charge in [0.05, 0.1) is 4.90 Å². The van der Waals surface area contributed by atoms with Crippen molar-refractivity contribution in [2.24, 2.45) is 0 Å². The molecule has 0 unspecified atom stereocenters. The van der Waals surface area contributed by atoms with E-state index >= 15 is 0 Å². The largest absolute Gasteiger partial charge is 2.00 e. The first-order chi connectivity index (χ1) is 24.8. The Hall–Kier alpha value is -2.84. The monoisotopic (exact) mass is 794 g/mol. The van der Waals surface area contributed by atoms with Gasteiger partial charge in [0.25, 0.3) is 10.1 Å². The molecule has 0 spiro atoms. The molecule has 0 saturated heterocycles. The molecule has 0 aromatic heterocycles. The molecule has 0 saturated carbocycles. The molecule has 10 nitrogen and oxygen atoms in total. The summed E-state index contributed by atoms with van der Waals surface area (Å²) in [4.78, 5) is -0.726. The molecule has 0 fully saturated rings. The second-order valence-corrected chi connectivity index (χ2v) is 15.4. The van der Waals surface area contributed by atoms with Gasteiger partial charge in [-0.25, -0.2) is 8.42 Å². The van der Waals surface area contributed by atoms with Gasteiger partial charge in [-0.2, -0.15) is 8.42 Å². The Labute approximate surface area is 345 Å². The number of aryl methyl sites for hydroxylation is 2. The van der Waals surface area contributed by atoms with E-state index < -0.39 is 25.1 Å². The summed E-state index contributed by atoms with van der Waals surface area (Å²) in [7, 11) is -9.05. The number of rotatable bonds is 20. The number of hydrogen-bond donors (Lipinski definition) is 2. The van der Waals surface area contributed by atoms with Gasteiger partial charge in [0.1, 0.15) is 43.8 Å². The van der Waals surface area contributed by atoms with Gasteiger partial charge in [-0.15, -0.1) is 5.75 Å². The van der Waals surface area contributed by atoms with Crippen LogP contribution in [0.1, 0.15) is 102 Å². The maximum atomic E-state index is 11.7. The van der Waals surface area contributed by atoms with Crippen LogP contribution in [0.3, 0.4) is 0 Å². The van der Waals surface area contributed by atoms with E-state index in [4.69, 9.17) is 9.47 Å². The van der Waals surface area contributed by atoms with Crippen molar-refractivity contribution < 1.29 is 45.6 Å². The third-order valence-corrected chi connectivity index (χ3v) is 10.1. The molecule has 0 aliphatic carbocycles. The van der Waals surface area contributed by atoms with E-state index in [1.54, 1.807) is 30.3 Å². The molecule has 284 valence electrons. The van der Waals surface area contributed by atoms with Crippen molar-refractivity contribution in [3.8, 4) is 34.5 Å². The zero-order valence-corrected chi connectivity index (χ0v) is 34.5. The van der Waals surface area contributed by atoms with Crippen LogP contribution >= 0.6 is 0 Å². The van der Waals surface area contributed by atoms with E-state index in [0.29, 0.717) is 11.5 Å². The van der Waals surface area contributed by atoms with Crippen molar-refractivity contribution in [3.63, 3.8) is 0 Å². The topological polar surface area (TPSA) is 173 Å². The molecule has 2 N–H and O–H groups in total. The fourth-order valence-electron chi connectivity index (χ4n) is 5.60. The Balaban J connectivity index is 0.000000360. The van der Waals surface area contributed by atoms with Gasteiger partial charge < -0.3 is 24.2 Å². The number of benzene rings is 4. The Bertz CT molecular complexity index is 1780. The molecule has 4 rings (SSSR count). The van der Waals surface area contributed by atoms with E-state index in [0.717, 1.165) is 49.7 Å². The summed E-state index contributed by atoms with van der Waals surface area (Å²) in [5.74, 6) is 0.490. The minimum absolute atomic E-state index is 0. The van der Waals surface area contributed by atoms with Gasteiger partial charge in [-0.3, -0.25) is 4.55 Å². The molecular formula is C40H50CaO10S2. The smallest absolute Gasteiger partial charge is 0.872 e. The third-order valence-electron chi connectivity index (χ3n) is 8.37. The molecule has 4 aromatic carbocycles. The summed E-state index contributed by atoms with van der Waals surface area (Å²) in [6.45, 7) is 4.36. The van der Waals surface area contributed by atoms with Gasteiger partial charge in [-0.05, 0) is 73.2 Å². The van der Waals surface area contributed by atoms with Crippen LogP contribution < -0.4 is 14.6 Å². The average molecular weight is 795 g/mol. The van der Waals surface area contributed by atoms with Crippen LogP contribution in [-0.2, 0) is 33.1 Å². The number of phenolic OH excluding ortho intramolecular Hbond substituents is 1. The number of aromatic hydroxyl groups is 1. The van der Waals surface area contributed by atoms with E-state index in [9.17, 15) is 36.2 Å². The van der Waals surface area contributed by atoms with E-state index in [1.165, 1.54) is 106 Å². The Morgan fingerprint density at radius 1 is 0.566 bits per heavy atom. The zero-order chi connectivity index (χ0) is 38.0. The predicted molar refractivity (Wildman–Crippen MR) is 205 cm³/mol. The van der Waals surface area contributed by atoms with Gasteiger partial charge >= 0.3 is 37.7 Å². The average Bonchev–Trinajstić information content (AvgIpc) is 3.09. The zero-order valence-electron chi connectivity index (χ0n) is 30.7. The van der Waals surface area contributed by atoms with Crippen molar-refractivity contribution in [3.05, 3.63) is 96.1 Å². The standard InChI is InChI=1S/2C20H26O5S.Ca/c2*1-2-3-4-5-6-7-10-16-13-14-17(21)15-19(16)25-18-11-8-9-12-20(18)26(22,23)24;/h2*8-9,11-15,21H,2-7,10H2,1H3,(H,22,23,24);/q;;+2/p-2. The first kappa shape index (κ1) is 46.3. The second kappa shape index (κ2) is 23.8. The van der Waals surface area contributed by atoms with Crippen LogP contribution in [0.5, 0.6) is 34.5 Å². The number of ether oxygens (including phenoxy) is 2. The van der Waals surface area contributed by atoms with E-state index in [1.807, 2.05) is 0 Å². The Morgan fingerprint density at radius 3 is 1.51 bits per heavy atom. The minimum atomic E-state index is -4.66. The molecule has 0 atom stereocenters. The number of phenols is 1. The van der Waals surface area contributed by atoms with Crippen LogP contribution in [0.2, 0.25) is 0 Å². The maximum Gasteiger partial charge on any atom is 2.00 e. The van der Waals surface area contributed by atoms with Gasteiger partial charge in [0.15, 0.2) is 0 Å². The summed E-state index contributed by atoms with van der Waals surface area (Å²) in [5.41, 5.74) is 1.72. The van der Waals surface area contributed by atoms with Crippen LogP contribution in [0.15, 0.2) is 94.7 Å². The summed E-state index contributed by atoms with van der Waals surface area (Å²) in [6, 6.07) is 20.9. The quantitative estimate of drug-likeness (QED) is 0.0499. The molecule has 0 aliphatic heterocycles. The summed E-state index contributed by atoms with van der Waals surface area (Å²) in [6.07, 6.45) is 15.4. The van der Waals surface area contributed by atoms with Crippen LogP contribution in [0.25, 0.3) is 0 Å². The van der Waals surface area contributed by atoms with Crippen LogP contribution in [0, 0.1) is 0 Å². The maximum absolute atomic E-state index is 11.7. The molecule has 0 heterocycles. The molecule has 0 radical (unpaired) electrons. The Kier molecular flexibility index (Phi) is 20.8. The first-order valence-corrected chi connectivity index (χ1v) is 20.8. The normalized spacial score (nSPS) is 11.2. The van der Waals surface area contributed by atoms with Crippen molar-refractivity contribution in [2.45, 2.75) is 114 Å². The third kappa shape index (κ3) is 16.6. The fourth-order valence-corrected chi connectivity index (χ4v) is 6.81. The summed E-state index contributed by atoms with van der Waals surface area (Å²) >= 11 is 0. The molecule has 53 heavy (non-hydrogen) atoms. The second-order valence-electron chi connectivity index (χ2n) is 12.6. The van der Waals surface area contributed by atoms with Crippen molar-refractivity contribution in [1.82, 2.24) is 0 Å². The number of hydrogen-bond acceptors (Lipinski definition) is 9. The molecular weight excluding hydrogens is 745 g/mol. The summed E-state index contributed by atoms with van der Waals surface area (Å²) < 4.78 is 78.0. The predicted octanol–water partition coefficient (Wildman–Crippen LogP) is 9.31. The first-order valence-electron chi connectivity index (χ1n) is 17.9. The van der Waals surface area contributed by atoms with E-state index in [2.05, 4.69) is 13.8 Å². The number of para-hydroxylation sites is 2. The van der Waals surface area contributed by atoms with Gasteiger partial charge in [0, 0.05) is 6.07 Å². The van der Waals surface area contributed by atoms with Gasteiger partial charge in [0.2, 0.25) is 0 Å². The fraction of sp³-hybridized carbons (Fsp3) is 0.400. The molecule has 0 amide bonds. The molecule has 13 heteroatoms. The van der Waals surface area contributed by atoms with Crippen LogP contribution in [-0.4, -0.2) is 68.8 Å². The number of unbranched alkanes of at least 4 members (excludes halogenated alkanes) is 10. The SMILES string of the molecule is CCCCCCCCc1ccc(O)cc1Oc1ccccc1S(=O)(=O)O.CCCCCCCCc1ccc([O-])cc1Oc1ccccc1S(=O)(=O)[O-].[Ca+2]. The van der Waals surface area contributed by atoms with Crippen molar-refractivity contribution in [1.29, 1.82) is 0 Å². The minimum Gasteiger partial charge on any atom is -0.872 e. The van der Waals surface area contributed by atoms with Crippen molar-refractivity contribution >= 4 is 58.0 Å².